The highest BCUT2D eigenvalue weighted by molar-refractivity contribution is 5.76. The van der Waals surface area contributed by atoms with Crippen molar-refractivity contribution in [2.45, 2.75) is 51.4 Å². The van der Waals surface area contributed by atoms with Crippen LogP contribution in [0.25, 0.3) is 0 Å². The molecule has 0 N–H and O–H groups in total. The summed E-state index contributed by atoms with van der Waals surface area (Å²) in [6.45, 7) is 0.638. The fourth-order valence-electron chi connectivity index (χ4n) is 2.50. The second kappa shape index (κ2) is 8.11. The van der Waals surface area contributed by atoms with Crippen LogP contribution in [0.4, 0.5) is 0 Å². The van der Waals surface area contributed by atoms with Crippen LogP contribution < -0.4 is 0 Å². The number of hydrogen-bond acceptors (Lipinski definition) is 3. The Morgan fingerprint density at radius 3 is 2.50 bits per heavy atom. The molecule has 0 heterocycles. The number of methoxy groups -OCH3 is 1. The zero-order chi connectivity index (χ0) is 13.4. The van der Waals surface area contributed by atoms with E-state index in [0.29, 0.717) is 25.8 Å². The second-order valence-corrected chi connectivity index (χ2v) is 5.18. The Balaban J connectivity index is 2.10. The van der Waals surface area contributed by atoms with Gasteiger partial charge in [0, 0.05) is 26.4 Å². The summed E-state index contributed by atoms with van der Waals surface area (Å²) in [5, 5.41) is 0. The smallest absolute Gasteiger partial charge is 0.305 e. The Morgan fingerprint density at radius 2 is 1.89 bits per heavy atom. The quantitative estimate of drug-likeness (QED) is 0.656. The summed E-state index contributed by atoms with van der Waals surface area (Å²) < 4.78 is 4.57. The van der Waals surface area contributed by atoms with Crippen molar-refractivity contribution in [3.05, 3.63) is 0 Å². The van der Waals surface area contributed by atoms with Gasteiger partial charge in [-0.3, -0.25) is 9.59 Å². The van der Waals surface area contributed by atoms with Gasteiger partial charge in [-0.25, -0.2) is 0 Å². The average Bonchev–Trinajstić information content (AvgIpc) is 2.88. The number of amides is 1. The Kier molecular flexibility index (Phi) is 6.76. The summed E-state index contributed by atoms with van der Waals surface area (Å²) in [5.74, 6) is 0.756. The van der Waals surface area contributed by atoms with Crippen molar-refractivity contribution in [1.82, 2.24) is 4.90 Å². The highest BCUT2D eigenvalue weighted by atomic mass is 16.5. The van der Waals surface area contributed by atoms with Gasteiger partial charge >= 0.3 is 5.97 Å². The van der Waals surface area contributed by atoms with Gasteiger partial charge in [-0.1, -0.05) is 25.7 Å². The monoisotopic (exact) mass is 255 g/mol. The van der Waals surface area contributed by atoms with Crippen LogP contribution in [0.3, 0.4) is 0 Å². The number of nitrogens with zero attached hydrogens (tertiary/aromatic N) is 1. The van der Waals surface area contributed by atoms with Crippen LogP contribution in [-0.2, 0) is 14.3 Å². The molecule has 0 atom stereocenters. The molecule has 1 fully saturated rings. The first-order chi connectivity index (χ1) is 8.63. The van der Waals surface area contributed by atoms with E-state index >= 15 is 0 Å². The van der Waals surface area contributed by atoms with E-state index in [2.05, 4.69) is 4.74 Å². The van der Waals surface area contributed by atoms with E-state index in [9.17, 15) is 9.59 Å². The fourth-order valence-corrected chi connectivity index (χ4v) is 2.50. The van der Waals surface area contributed by atoms with Crippen LogP contribution in [0.5, 0.6) is 0 Å². The predicted octanol–water partition coefficient (Wildman–Crippen LogP) is 2.37. The maximum Gasteiger partial charge on any atom is 0.305 e. The lowest BCUT2D eigenvalue weighted by atomic mass is 10.0. The number of carbonyl (C=O) groups excluding carboxylic acids is 2. The van der Waals surface area contributed by atoms with Crippen LogP contribution in [0, 0.1) is 5.92 Å². The van der Waals surface area contributed by atoms with Crippen molar-refractivity contribution in [3.8, 4) is 0 Å². The molecule has 4 nitrogen and oxygen atoms in total. The Morgan fingerprint density at radius 1 is 1.22 bits per heavy atom. The zero-order valence-corrected chi connectivity index (χ0v) is 11.6. The third-order valence-electron chi connectivity index (χ3n) is 3.77. The minimum atomic E-state index is -0.207. The van der Waals surface area contributed by atoms with Gasteiger partial charge in [-0.2, -0.15) is 0 Å². The number of rotatable bonds is 7. The van der Waals surface area contributed by atoms with Crippen molar-refractivity contribution in [2.75, 3.05) is 20.7 Å². The van der Waals surface area contributed by atoms with Gasteiger partial charge in [0.1, 0.15) is 0 Å². The van der Waals surface area contributed by atoms with E-state index in [4.69, 9.17) is 0 Å². The molecule has 1 saturated carbocycles. The molecule has 0 bridgehead atoms. The van der Waals surface area contributed by atoms with E-state index in [0.717, 1.165) is 12.3 Å². The summed E-state index contributed by atoms with van der Waals surface area (Å²) in [6, 6.07) is 0. The largest absolute Gasteiger partial charge is 0.469 e. The molecule has 0 aromatic rings. The molecule has 0 aromatic carbocycles. The maximum atomic E-state index is 11.9. The number of ether oxygens (including phenoxy) is 1. The van der Waals surface area contributed by atoms with Gasteiger partial charge in [0.25, 0.3) is 0 Å². The molecular weight excluding hydrogens is 230 g/mol. The lowest BCUT2D eigenvalue weighted by molar-refractivity contribution is -0.141. The third-order valence-corrected chi connectivity index (χ3v) is 3.77. The average molecular weight is 255 g/mol. The third kappa shape index (κ3) is 5.52. The molecule has 0 aromatic heterocycles. The first kappa shape index (κ1) is 15.0. The summed E-state index contributed by atoms with van der Waals surface area (Å²) in [4.78, 5) is 24.5. The van der Waals surface area contributed by atoms with Crippen molar-refractivity contribution < 1.29 is 14.3 Å². The van der Waals surface area contributed by atoms with Gasteiger partial charge in [0.2, 0.25) is 5.91 Å². The Bertz CT molecular complexity index is 272. The Hall–Kier alpha value is -1.06. The first-order valence-corrected chi connectivity index (χ1v) is 6.94. The minimum absolute atomic E-state index is 0.201. The molecule has 104 valence electrons. The summed E-state index contributed by atoms with van der Waals surface area (Å²) in [7, 11) is 3.20. The normalized spacial score (nSPS) is 15.7. The molecule has 1 rings (SSSR count). The maximum absolute atomic E-state index is 11.9. The SMILES string of the molecule is COC(=O)CCCN(C)C(=O)CCC1CCCC1. The predicted molar refractivity (Wildman–Crippen MR) is 70.1 cm³/mol. The molecule has 18 heavy (non-hydrogen) atoms. The minimum Gasteiger partial charge on any atom is -0.469 e. The summed E-state index contributed by atoms with van der Waals surface area (Å²) in [6.07, 6.45) is 7.98. The standard InChI is InChI=1S/C14H25NO3/c1-15(11-5-8-14(17)18-2)13(16)10-9-12-6-3-4-7-12/h12H,3-11H2,1-2H3. The number of hydrogen-bond donors (Lipinski definition) is 0. The van der Waals surface area contributed by atoms with Crippen molar-refractivity contribution in [2.24, 2.45) is 5.92 Å². The van der Waals surface area contributed by atoms with Crippen LogP contribution in [0.1, 0.15) is 51.4 Å². The second-order valence-electron chi connectivity index (χ2n) is 5.18. The van der Waals surface area contributed by atoms with E-state index in [1.54, 1.807) is 4.90 Å². The van der Waals surface area contributed by atoms with E-state index in [1.165, 1.54) is 32.8 Å². The van der Waals surface area contributed by atoms with Crippen molar-refractivity contribution >= 4 is 11.9 Å². The molecule has 0 saturated heterocycles. The zero-order valence-electron chi connectivity index (χ0n) is 11.6. The van der Waals surface area contributed by atoms with Crippen molar-refractivity contribution in [1.29, 1.82) is 0 Å². The van der Waals surface area contributed by atoms with Crippen LogP contribution in [0.15, 0.2) is 0 Å². The number of esters is 1. The molecule has 0 radical (unpaired) electrons. The molecule has 1 aliphatic carbocycles. The van der Waals surface area contributed by atoms with Crippen LogP contribution in [-0.4, -0.2) is 37.5 Å². The summed E-state index contributed by atoms with van der Waals surface area (Å²) in [5.41, 5.74) is 0. The van der Waals surface area contributed by atoms with E-state index < -0.39 is 0 Å². The fraction of sp³-hybridized carbons (Fsp3) is 0.857. The van der Waals surface area contributed by atoms with Crippen molar-refractivity contribution in [3.63, 3.8) is 0 Å². The molecule has 1 amide bonds. The first-order valence-electron chi connectivity index (χ1n) is 6.94. The molecule has 1 aliphatic rings. The van der Waals surface area contributed by atoms with Crippen LogP contribution >= 0.6 is 0 Å². The molecule has 0 spiro atoms. The molecular formula is C14H25NO3. The molecule has 0 unspecified atom stereocenters. The van der Waals surface area contributed by atoms with Gasteiger partial charge in [0.05, 0.1) is 7.11 Å². The summed E-state index contributed by atoms with van der Waals surface area (Å²) >= 11 is 0. The van der Waals surface area contributed by atoms with E-state index in [1.807, 2.05) is 7.05 Å². The van der Waals surface area contributed by atoms with Gasteiger partial charge in [-0.05, 0) is 18.8 Å². The lowest BCUT2D eigenvalue weighted by Crippen LogP contribution is -2.28. The van der Waals surface area contributed by atoms with E-state index in [-0.39, 0.29) is 11.9 Å². The lowest BCUT2D eigenvalue weighted by Gasteiger charge is -2.18. The van der Waals surface area contributed by atoms with Gasteiger partial charge in [-0.15, -0.1) is 0 Å². The number of carbonyl (C=O) groups is 2. The highest BCUT2D eigenvalue weighted by Crippen LogP contribution is 2.28. The molecule has 0 aliphatic heterocycles. The van der Waals surface area contributed by atoms with Crippen LogP contribution in [0.2, 0.25) is 0 Å². The topological polar surface area (TPSA) is 46.6 Å². The Labute approximate surface area is 110 Å². The highest BCUT2D eigenvalue weighted by Gasteiger charge is 2.17. The van der Waals surface area contributed by atoms with Gasteiger partial charge < -0.3 is 9.64 Å². The van der Waals surface area contributed by atoms with Gasteiger partial charge in [0.15, 0.2) is 0 Å². The molecule has 4 heteroatoms.